The first-order chi connectivity index (χ1) is 13.2. The van der Waals surface area contributed by atoms with Gasteiger partial charge in [-0.25, -0.2) is 4.79 Å². The molecule has 1 aliphatic rings. The van der Waals surface area contributed by atoms with Crippen LogP contribution < -0.4 is 14.8 Å². The monoisotopic (exact) mass is 428 g/mol. The number of ether oxygens (including phenoxy) is 2. The third-order valence-corrected chi connectivity index (χ3v) is 4.65. The van der Waals surface area contributed by atoms with Crippen LogP contribution in [0.4, 0.5) is 10.5 Å². The maximum Gasteiger partial charge on any atom is 0.322 e. The summed E-state index contributed by atoms with van der Waals surface area (Å²) in [7, 11) is 0. The number of amides is 2. The molecule has 138 valence electrons. The Hall–Kier alpha value is -2.93. The van der Waals surface area contributed by atoms with Crippen LogP contribution in [0.5, 0.6) is 11.5 Å². The fraction of sp³-hybridized carbons (Fsp3) is 0.150. The molecule has 0 radical (unpaired) electrons. The summed E-state index contributed by atoms with van der Waals surface area (Å²) in [6.07, 6.45) is 1.60. The first-order valence-electron chi connectivity index (χ1n) is 8.40. The molecule has 2 aromatic carbocycles. The summed E-state index contributed by atoms with van der Waals surface area (Å²) in [4.78, 5) is 14.5. The molecule has 2 amide bonds. The lowest BCUT2D eigenvalue weighted by atomic mass is 10.2. The van der Waals surface area contributed by atoms with Crippen LogP contribution in [0.15, 0.2) is 69.8 Å². The Morgan fingerprint density at radius 1 is 1.04 bits per heavy atom. The van der Waals surface area contributed by atoms with Crippen molar-refractivity contribution in [3.05, 3.63) is 76.7 Å². The highest BCUT2D eigenvalue weighted by atomic mass is 79.9. The van der Waals surface area contributed by atoms with Crippen molar-refractivity contribution in [3.8, 4) is 11.5 Å². The van der Waals surface area contributed by atoms with Crippen molar-refractivity contribution in [2.24, 2.45) is 0 Å². The highest BCUT2D eigenvalue weighted by Crippen LogP contribution is 2.33. The molecule has 0 unspecified atom stereocenters. The van der Waals surface area contributed by atoms with E-state index in [0.717, 1.165) is 21.5 Å². The van der Waals surface area contributed by atoms with Gasteiger partial charge in [0.05, 0.1) is 12.8 Å². The predicted molar refractivity (Wildman–Crippen MR) is 104 cm³/mol. The second-order valence-electron chi connectivity index (χ2n) is 6.06. The SMILES string of the molecule is O=C(Nc1ccc(Br)cc1)N(Cc1ccc2c(c1)OCO2)Cc1ccco1. The van der Waals surface area contributed by atoms with E-state index in [-0.39, 0.29) is 12.8 Å². The molecule has 3 aromatic rings. The van der Waals surface area contributed by atoms with Crippen molar-refractivity contribution in [1.29, 1.82) is 0 Å². The molecule has 0 fully saturated rings. The van der Waals surface area contributed by atoms with Crippen LogP contribution in [0, 0.1) is 0 Å². The van der Waals surface area contributed by atoms with Crippen LogP contribution >= 0.6 is 15.9 Å². The van der Waals surface area contributed by atoms with E-state index >= 15 is 0 Å². The van der Waals surface area contributed by atoms with Gasteiger partial charge < -0.3 is 24.1 Å². The lowest BCUT2D eigenvalue weighted by Crippen LogP contribution is -2.33. The number of fused-ring (bicyclic) bond motifs is 1. The number of anilines is 1. The smallest absolute Gasteiger partial charge is 0.322 e. The van der Waals surface area contributed by atoms with E-state index in [0.29, 0.717) is 24.6 Å². The molecule has 0 saturated carbocycles. The normalized spacial score (nSPS) is 12.0. The van der Waals surface area contributed by atoms with Gasteiger partial charge in [-0.1, -0.05) is 22.0 Å². The molecule has 27 heavy (non-hydrogen) atoms. The Morgan fingerprint density at radius 2 is 1.85 bits per heavy atom. The maximum atomic E-state index is 12.9. The molecule has 2 heterocycles. The standard InChI is InChI=1S/C20H17BrN2O4/c21-15-4-6-16(7-5-15)22-20(24)23(12-17-2-1-9-25-17)11-14-3-8-18-19(10-14)27-13-26-18/h1-10H,11-13H2,(H,22,24). The Morgan fingerprint density at radius 3 is 2.63 bits per heavy atom. The largest absolute Gasteiger partial charge is 0.467 e. The minimum atomic E-state index is -0.216. The first kappa shape index (κ1) is 17.5. The summed E-state index contributed by atoms with van der Waals surface area (Å²) in [6.45, 7) is 0.975. The van der Waals surface area contributed by atoms with Gasteiger partial charge in [-0.2, -0.15) is 0 Å². The summed E-state index contributed by atoms with van der Waals surface area (Å²) in [5.74, 6) is 2.12. The summed E-state index contributed by atoms with van der Waals surface area (Å²) < 4.78 is 17.1. The van der Waals surface area contributed by atoms with Gasteiger partial charge in [-0.15, -0.1) is 0 Å². The zero-order valence-electron chi connectivity index (χ0n) is 14.4. The van der Waals surface area contributed by atoms with Crippen molar-refractivity contribution >= 4 is 27.6 Å². The molecule has 0 saturated heterocycles. The second kappa shape index (κ2) is 7.75. The Labute approximate surface area is 164 Å². The topological polar surface area (TPSA) is 63.9 Å². The summed E-state index contributed by atoms with van der Waals surface area (Å²) >= 11 is 3.39. The quantitative estimate of drug-likeness (QED) is 0.620. The van der Waals surface area contributed by atoms with Gasteiger partial charge in [-0.3, -0.25) is 0 Å². The minimum Gasteiger partial charge on any atom is -0.467 e. The van der Waals surface area contributed by atoms with Crippen LogP contribution in [0.3, 0.4) is 0 Å². The number of hydrogen-bond acceptors (Lipinski definition) is 4. The van der Waals surface area contributed by atoms with Gasteiger partial charge in [-0.05, 0) is 54.1 Å². The van der Waals surface area contributed by atoms with Crippen molar-refractivity contribution in [2.45, 2.75) is 13.1 Å². The van der Waals surface area contributed by atoms with Gasteiger partial charge >= 0.3 is 6.03 Å². The molecule has 4 rings (SSSR count). The van der Waals surface area contributed by atoms with Crippen LogP contribution in [0.25, 0.3) is 0 Å². The van der Waals surface area contributed by atoms with Gasteiger partial charge in [0.15, 0.2) is 11.5 Å². The highest BCUT2D eigenvalue weighted by molar-refractivity contribution is 9.10. The van der Waals surface area contributed by atoms with E-state index in [1.54, 1.807) is 17.2 Å². The summed E-state index contributed by atoms with van der Waals surface area (Å²) in [5.41, 5.74) is 1.66. The third kappa shape index (κ3) is 4.25. The highest BCUT2D eigenvalue weighted by Gasteiger charge is 2.19. The van der Waals surface area contributed by atoms with Crippen molar-refractivity contribution in [2.75, 3.05) is 12.1 Å². The number of benzene rings is 2. The number of rotatable bonds is 5. The van der Waals surface area contributed by atoms with Gasteiger partial charge in [0.2, 0.25) is 6.79 Å². The number of nitrogens with zero attached hydrogens (tertiary/aromatic N) is 1. The molecule has 6 nitrogen and oxygen atoms in total. The van der Waals surface area contributed by atoms with Crippen LogP contribution in [-0.4, -0.2) is 17.7 Å². The van der Waals surface area contributed by atoms with Crippen molar-refractivity contribution in [3.63, 3.8) is 0 Å². The molecule has 1 aliphatic heterocycles. The molecule has 0 spiro atoms. The average Bonchev–Trinajstić information content (AvgIpc) is 3.34. The van der Waals surface area contributed by atoms with Crippen LogP contribution in [-0.2, 0) is 13.1 Å². The number of carbonyl (C=O) groups is 1. The summed E-state index contributed by atoms with van der Waals surface area (Å²) in [6, 6.07) is 16.6. The second-order valence-corrected chi connectivity index (χ2v) is 6.98. The molecule has 1 aromatic heterocycles. The number of halogens is 1. The zero-order chi connectivity index (χ0) is 18.6. The fourth-order valence-corrected chi connectivity index (χ4v) is 3.05. The number of hydrogen-bond donors (Lipinski definition) is 1. The number of urea groups is 1. The number of nitrogens with one attached hydrogen (secondary N) is 1. The molecule has 0 atom stereocenters. The lowest BCUT2D eigenvalue weighted by Gasteiger charge is -2.22. The molecule has 1 N–H and O–H groups in total. The van der Waals surface area contributed by atoms with Crippen LogP contribution in [0.1, 0.15) is 11.3 Å². The zero-order valence-corrected chi connectivity index (χ0v) is 15.9. The minimum absolute atomic E-state index is 0.216. The fourth-order valence-electron chi connectivity index (χ4n) is 2.79. The Bertz CT molecular complexity index is 926. The molecule has 7 heteroatoms. The molecule has 0 bridgehead atoms. The number of carbonyl (C=O) groups excluding carboxylic acids is 1. The Balaban J connectivity index is 1.52. The summed E-state index contributed by atoms with van der Waals surface area (Å²) in [5, 5.41) is 2.92. The predicted octanol–water partition coefficient (Wildman–Crippen LogP) is 5.01. The van der Waals surface area contributed by atoms with E-state index in [1.807, 2.05) is 48.5 Å². The van der Waals surface area contributed by atoms with Gasteiger partial charge in [0.1, 0.15) is 5.76 Å². The average molecular weight is 429 g/mol. The first-order valence-corrected chi connectivity index (χ1v) is 9.19. The van der Waals surface area contributed by atoms with Crippen molar-refractivity contribution < 1.29 is 18.7 Å². The lowest BCUT2D eigenvalue weighted by molar-refractivity contribution is 0.174. The number of furan rings is 1. The maximum absolute atomic E-state index is 12.9. The van der Waals surface area contributed by atoms with E-state index in [4.69, 9.17) is 13.9 Å². The van der Waals surface area contributed by atoms with Gasteiger partial charge in [0, 0.05) is 16.7 Å². The van der Waals surface area contributed by atoms with Crippen LogP contribution in [0.2, 0.25) is 0 Å². The van der Waals surface area contributed by atoms with E-state index in [1.165, 1.54) is 0 Å². The van der Waals surface area contributed by atoms with Gasteiger partial charge in [0.25, 0.3) is 0 Å². The van der Waals surface area contributed by atoms with E-state index in [9.17, 15) is 4.79 Å². The van der Waals surface area contributed by atoms with E-state index < -0.39 is 0 Å². The molecule has 0 aliphatic carbocycles. The Kier molecular flexibility index (Phi) is 5.02. The third-order valence-electron chi connectivity index (χ3n) is 4.12. The molecular formula is C20H17BrN2O4. The molecular weight excluding hydrogens is 412 g/mol. The van der Waals surface area contributed by atoms with E-state index in [2.05, 4.69) is 21.2 Å². The van der Waals surface area contributed by atoms with Crippen molar-refractivity contribution in [1.82, 2.24) is 4.90 Å².